The van der Waals surface area contributed by atoms with Crippen LogP contribution in [0.15, 0.2) is 18.2 Å². The smallest absolute Gasteiger partial charge is 0.226 e. The van der Waals surface area contributed by atoms with Gasteiger partial charge in [-0.2, -0.15) is 0 Å². The van der Waals surface area contributed by atoms with Crippen LogP contribution in [0.3, 0.4) is 0 Å². The molecule has 116 valence electrons. The highest BCUT2D eigenvalue weighted by Gasteiger charge is 2.27. The summed E-state index contributed by atoms with van der Waals surface area (Å²) in [5.41, 5.74) is 2.29. The lowest BCUT2D eigenvalue weighted by Gasteiger charge is -2.24. The molecule has 2 rings (SSSR count). The lowest BCUT2D eigenvalue weighted by molar-refractivity contribution is -0.132. The number of amides is 1. The van der Waals surface area contributed by atoms with Crippen molar-refractivity contribution >= 4 is 5.91 Å². The Morgan fingerprint density at radius 2 is 2.24 bits per heavy atom. The number of likely N-dealkylation sites (tertiary alicyclic amines) is 1. The molecule has 1 saturated heterocycles. The molecule has 1 aliphatic heterocycles. The third-order valence-electron chi connectivity index (χ3n) is 4.05. The number of benzene rings is 1. The van der Waals surface area contributed by atoms with Gasteiger partial charge in [-0.25, -0.2) is 0 Å². The molecule has 4 heteroatoms. The van der Waals surface area contributed by atoms with Crippen LogP contribution in [0.2, 0.25) is 0 Å². The van der Waals surface area contributed by atoms with Gasteiger partial charge >= 0.3 is 0 Å². The maximum atomic E-state index is 12.3. The third kappa shape index (κ3) is 4.21. The lowest BCUT2D eigenvalue weighted by Crippen LogP contribution is -2.41. The highest BCUT2D eigenvalue weighted by Crippen LogP contribution is 2.20. The van der Waals surface area contributed by atoms with E-state index in [0.29, 0.717) is 19.1 Å². The Balaban J connectivity index is 1.82. The van der Waals surface area contributed by atoms with Crippen molar-refractivity contribution in [1.82, 2.24) is 10.2 Å². The Morgan fingerprint density at radius 3 is 3.00 bits per heavy atom. The molecule has 0 aliphatic carbocycles. The van der Waals surface area contributed by atoms with Crippen LogP contribution in [0, 0.1) is 13.8 Å². The van der Waals surface area contributed by atoms with Crippen molar-refractivity contribution in [3.05, 3.63) is 29.3 Å². The van der Waals surface area contributed by atoms with Gasteiger partial charge in [0.15, 0.2) is 0 Å². The molecule has 1 unspecified atom stereocenters. The fraction of sp³-hybridized carbons (Fsp3) is 0.588. The number of nitrogens with one attached hydrogen (secondary N) is 1. The fourth-order valence-corrected chi connectivity index (χ4v) is 2.87. The van der Waals surface area contributed by atoms with E-state index in [1.807, 2.05) is 31.9 Å². The minimum Gasteiger partial charge on any atom is -0.493 e. The zero-order valence-electron chi connectivity index (χ0n) is 13.3. The van der Waals surface area contributed by atoms with E-state index in [2.05, 4.69) is 17.4 Å². The number of carbonyl (C=O) groups is 1. The first-order valence-electron chi connectivity index (χ1n) is 7.76. The minimum absolute atomic E-state index is 0.207. The fourth-order valence-electron chi connectivity index (χ4n) is 2.87. The average molecular weight is 290 g/mol. The molecule has 4 nitrogen and oxygen atoms in total. The largest absolute Gasteiger partial charge is 0.493 e. The van der Waals surface area contributed by atoms with E-state index >= 15 is 0 Å². The SMILES string of the molecule is CNCC1CCCN1C(=O)CCOc1cc(C)ccc1C. The van der Waals surface area contributed by atoms with Crippen molar-refractivity contribution in [2.75, 3.05) is 26.7 Å². The highest BCUT2D eigenvalue weighted by molar-refractivity contribution is 5.77. The molecule has 21 heavy (non-hydrogen) atoms. The van der Waals surface area contributed by atoms with Gasteiger partial charge in [0.1, 0.15) is 5.75 Å². The second kappa shape index (κ2) is 7.46. The third-order valence-corrected chi connectivity index (χ3v) is 4.05. The summed E-state index contributed by atoms with van der Waals surface area (Å²) in [6.45, 7) is 6.29. The number of aryl methyl sites for hydroxylation is 2. The van der Waals surface area contributed by atoms with E-state index in [0.717, 1.165) is 37.2 Å². The van der Waals surface area contributed by atoms with Gasteiger partial charge in [0.2, 0.25) is 5.91 Å². The summed E-state index contributed by atoms with van der Waals surface area (Å²) < 4.78 is 5.78. The molecule has 0 spiro atoms. The summed E-state index contributed by atoms with van der Waals surface area (Å²) >= 11 is 0. The van der Waals surface area contributed by atoms with Crippen LogP contribution in [0.5, 0.6) is 5.75 Å². The summed E-state index contributed by atoms with van der Waals surface area (Å²) in [6, 6.07) is 6.50. The minimum atomic E-state index is 0.207. The van der Waals surface area contributed by atoms with Crippen LogP contribution in [-0.4, -0.2) is 43.6 Å². The molecule has 1 fully saturated rings. The molecular weight excluding hydrogens is 264 g/mol. The van der Waals surface area contributed by atoms with Gasteiger partial charge in [-0.1, -0.05) is 12.1 Å². The molecule has 1 aromatic carbocycles. The van der Waals surface area contributed by atoms with Crippen molar-refractivity contribution in [3.63, 3.8) is 0 Å². The van der Waals surface area contributed by atoms with Gasteiger partial charge in [0.05, 0.1) is 13.0 Å². The molecule has 0 bridgehead atoms. The van der Waals surface area contributed by atoms with Gasteiger partial charge < -0.3 is 15.0 Å². The molecule has 1 heterocycles. The van der Waals surface area contributed by atoms with Crippen molar-refractivity contribution in [2.45, 2.75) is 39.2 Å². The molecule has 1 atom stereocenters. The normalized spacial score (nSPS) is 18.0. The van der Waals surface area contributed by atoms with Crippen molar-refractivity contribution in [3.8, 4) is 5.75 Å². The Labute approximate surface area is 127 Å². The van der Waals surface area contributed by atoms with E-state index in [-0.39, 0.29) is 5.91 Å². The maximum Gasteiger partial charge on any atom is 0.226 e. The maximum absolute atomic E-state index is 12.3. The summed E-state index contributed by atoms with van der Waals surface area (Å²) in [6.07, 6.45) is 2.66. The second-order valence-corrected chi connectivity index (χ2v) is 5.81. The summed E-state index contributed by atoms with van der Waals surface area (Å²) in [4.78, 5) is 14.3. The average Bonchev–Trinajstić information content (AvgIpc) is 2.91. The lowest BCUT2D eigenvalue weighted by atomic mass is 10.1. The molecule has 1 aliphatic rings. The number of hydrogen-bond acceptors (Lipinski definition) is 3. The van der Waals surface area contributed by atoms with Crippen LogP contribution in [0.1, 0.15) is 30.4 Å². The van der Waals surface area contributed by atoms with E-state index in [1.165, 1.54) is 5.56 Å². The summed E-state index contributed by atoms with van der Waals surface area (Å²) in [7, 11) is 1.94. The monoisotopic (exact) mass is 290 g/mol. The number of nitrogens with zero attached hydrogens (tertiary/aromatic N) is 1. The zero-order valence-corrected chi connectivity index (χ0v) is 13.3. The highest BCUT2D eigenvalue weighted by atomic mass is 16.5. The first-order chi connectivity index (χ1) is 10.1. The van der Waals surface area contributed by atoms with E-state index in [1.54, 1.807) is 0 Å². The predicted octanol–water partition coefficient (Wildman–Crippen LogP) is 2.28. The standard InChI is InChI=1S/C17H26N2O2/c1-13-6-7-14(2)16(11-13)21-10-8-17(20)19-9-4-5-15(19)12-18-3/h6-7,11,15,18H,4-5,8-10,12H2,1-3H3. The Morgan fingerprint density at radius 1 is 1.43 bits per heavy atom. The Hall–Kier alpha value is -1.55. The van der Waals surface area contributed by atoms with Crippen LogP contribution in [0.25, 0.3) is 0 Å². The van der Waals surface area contributed by atoms with Crippen LogP contribution in [-0.2, 0) is 4.79 Å². The number of hydrogen-bond donors (Lipinski definition) is 1. The Bertz CT molecular complexity index is 488. The van der Waals surface area contributed by atoms with Gasteiger partial charge in [0, 0.05) is 19.1 Å². The molecule has 0 saturated carbocycles. The molecular formula is C17H26N2O2. The molecule has 1 N–H and O–H groups in total. The van der Waals surface area contributed by atoms with Crippen LogP contribution in [0.4, 0.5) is 0 Å². The van der Waals surface area contributed by atoms with Crippen LogP contribution >= 0.6 is 0 Å². The van der Waals surface area contributed by atoms with Gasteiger partial charge in [0.25, 0.3) is 0 Å². The van der Waals surface area contributed by atoms with Gasteiger partial charge in [-0.3, -0.25) is 4.79 Å². The topological polar surface area (TPSA) is 41.6 Å². The number of ether oxygens (including phenoxy) is 1. The molecule has 0 radical (unpaired) electrons. The number of likely N-dealkylation sites (N-methyl/N-ethyl adjacent to an activating group) is 1. The second-order valence-electron chi connectivity index (χ2n) is 5.81. The summed E-state index contributed by atoms with van der Waals surface area (Å²) in [5, 5.41) is 3.16. The molecule has 1 amide bonds. The van der Waals surface area contributed by atoms with Gasteiger partial charge in [-0.15, -0.1) is 0 Å². The molecule has 1 aromatic rings. The van der Waals surface area contributed by atoms with Crippen molar-refractivity contribution in [1.29, 1.82) is 0 Å². The summed E-state index contributed by atoms with van der Waals surface area (Å²) in [5.74, 6) is 1.09. The zero-order chi connectivity index (χ0) is 15.2. The Kier molecular flexibility index (Phi) is 5.62. The molecule has 0 aromatic heterocycles. The first-order valence-corrected chi connectivity index (χ1v) is 7.76. The van der Waals surface area contributed by atoms with E-state index in [9.17, 15) is 4.79 Å². The van der Waals surface area contributed by atoms with E-state index < -0.39 is 0 Å². The predicted molar refractivity (Wildman–Crippen MR) is 84.7 cm³/mol. The van der Waals surface area contributed by atoms with Crippen molar-refractivity contribution in [2.24, 2.45) is 0 Å². The number of carbonyl (C=O) groups excluding carboxylic acids is 1. The van der Waals surface area contributed by atoms with Crippen molar-refractivity contribution < 1.29 is 9.53 Å². The number of rotatable bonds is 6. The first kappa shape index (κ1) is 15.8. The van der Waals surface area contributed by atoms with E-state index in [4.69, 9.17) is 4.74 Å². The van der Waals surface area contributed by atoms with Crippen LogP contribution < -0.4 is 10.1 Å². The van der Waals surface area contributed by atoms with Gasteiger partial charge in [-0.05, 0) is 50.9 Å². The quantitative estimate of drug-likeness (QED) is 0.874.